The lowest BCUT2D eigenvalue weighted by Gasteiger charge is -2.19. The third-order valence-electron chi connectivity index (χ3n) is 2.64. The van der Waals surface area contributed by atoms with E-state index in [2.05, 4.69) is 24.9 Å². The van der Waals surface area contributed by atoms with Crippen LogP contribution in [0.3, 0.4) is 0 Å². The highest BCUT2D eigenvalue weighted by molar-refractivity contribution is 7.84. The number of aryl methyl sites for hydroxylation is 1. The number of fused-ring (bicyclic) bond motifs is 1. The maximum atomic E-state index is 11.5. The standard InChI is InChI=1S/C11H15NOS/c1-8(2)11-10-7-14(13)6-4-9(10)3-5-12-11/h3,5,8H,4,6-7H2,1-2H3. The van der Waals surface area contributed by atoms with Gasteiger partial charge in [-0.25, -0.2) is 0 Å². The Morgan fingerprint density at radius 3 is 3.00 bits per heavy atom. The Balaban J connectivity index is 2.48. The van der Waals surface area contributed by atoms with Crippen LogP contribution in [0.15, 0.2) is 12.3 Å². The van der Waals surface area contributed by atoms with Gasteiger partial charge in [-0.15, -0.1) is 0 Å². The van der Waals surface area contributed by atoms with E-state index in [1.807, 2.05) is 6.20 Å². The number of aromatic nitrogens is 1. The third kappa shape index (κ3) is 1.73. The molecule has 0 bridgehead atoms. The average molecular weight is 209 g/mol. The Hall–Kier alpha value is -0.700. The molecule has 0 amide bonds. The molecule has 0 aromatic carbocycles. The van der Waals surface area contributed by atoms with E-state index in [1.165, 1.54) is 11.1 Å². The van der Waals surface area contributed by atoms with E-state index in [0.29, 0.717) is 11.7 Å². The van der Waals surface area contributed by atoms with Crippen molar-refractivity contribution in [1.82, 2.24) is 4.98 Å². The Kier molecular flexibility index (Phi) is 2.68. The lowest BCUT2D eigenvalue weighted by atomic mass is 9.99. The van der Waals surface area contributed by atoms with Gasteiger partial charge in [-0.05, 0) is 29.5 Å². The Bertz CT molecular complexity index is 374. The number of hydrogen-bond acceptors (Lipinski definition) is 2. The molecule has 0 radical (unpaired) electrons. The SMILES string of the molecule is CC(C)c1nccc2c1CS(=O)CC2. The molecule has 0 spiro atoms. The molecule has 0 fully saturated rings. The van der Waals surface area contributed by atoms with Gasteiger partial charge < -0.3 is 0 Å². The summed E-state index contributed by atoms with van der Waals surface area (Å²) in [5, 5.41) is 0. The molecule has 1 aromatic heterocycles. The fourth-order valence-corrected chi connectivity index (χ4v) is 3.15. The minimum absolute atomic E-state index is 0.431. The molecule has 14 heavy (non-hydrogen) atoms. The van der Waals surface area contributed by atoms with Crippen molar-refractivity contribution in [3.05, 3.63) is 29.1 Å². The summed E-state index contributed by atoms with van der Waals surface area (Å²) < 4.78 is 11.5. The van der Waals surface area contributed by atoms with E-state index >= 15 is 0 Å². The molecule has 1 aromatic rings. The van der Waals surface area contributed by atoms with Crippen LogP contribution in [-0.2, 0) is 23.0 Å². The molecule has 1 aliphatic heterocycles. The predicted octanol–water partition coefficient (Wildman–Crippen LogP) is 2.01. The number of pyridine rings is 1. The van der Waals surface area contributed by atoms with Crippen LogP contribution in [-0.4, -0.2) is 14.9 Å². The lowest BCUT2D eigenvalue weighted by molar-refractivity contribution is 0.677. The maximum Gasteiger partial charge on any atom is 0.0506 e. The van der Waals surface area contributed by atoms with E-state index in [9.17, 15) is 4.21 Å². The molecule has 0 saturated heterocycles. The monoisotopic (exact) mass is 209 g/mol. The van der Waals surface area contributed by atoms with E-state index < -0.39 is 10.8 Å². The summed E-state index contributed by atoms with van der Waals surface area (Å²) in [5.74, 6) is 1.95. The molecule has 3 heteroatoms. The minimum atomic E-state index is -0.668. The summed E-state index contributed by atoms with van der Waals surface area (Å²) in [4.78, 5) is 4.39. The highest BCUT2D eigenvalue weighted by Crippen LogP contribution is 2.25. The topological polar surface area (TPSA) is 30.0 Å². The lowest BCUT2D eigenvalue weighted by Crippen LogP contribution is -2.16. The number of nitrogens with zero attached hydrogens (tertiary/aromatic N) is 1. The molecule has 1 aliphatic rings. The van der Waals surface area contributed by atoms with Crippen molar-refractivity contribution in [2.24, 2.45) is 0 Å². The fourth-order valence-electron chi connectivity index (χ4n) is 1.91. The quantitative estimate of drug-likeness (QED) is 0.708. The van der Waals surface area contributed by atoms with Crippen LogP contribution in [0, 0.1) is 0 Å². The van der Waals surface area contributed by atoms with E-state index in [0.717, 1.165) is 17.9 Å². The van der Waals surface area contributed by atoms with Crippen molar-refractivity contribution in [2.75, 3.05) is 5.75 Å². The van der Waals surface area contributed by atoms with Crippen molar-refractivity contribution < 1.29 is 4.21 Å². The molecule has 0 saturated carbocycles. The molecule has 76 valence electrons. The van der Waals surface area contributed by atoms with Crippen LogP contribution in [0.1, 0.15) is 36.6 Å². The average Bonchev–Trinajstić information content (AvgIpc) is 2.16. The Morgan fingerprint density at radius 1 is 1.50 bits per heavy atom. The summed E-state index contributed by atoms with van der Waals surface area (Å²) in [6.07, 6.45) is 2.83. The van der Waals surface area contributed by atoms with Gasteiger partial charge in [0.1, 0.15) is 0 Å². The highest BCUT2D eigenvalue weighted by Gasteiger charge is 2.19. The zero-order valence-electron chi connectivity index (χ0n) is 8.62. The van der Waals surface area contributed by atoms with Crippen LogP contribution in [0.25, 0.3) is 0 Å². The van der Waals surface area contributed by atoms with Crippen molar-refractivity contribution >= 4 is 10.8 Å². The second kappa shape index (κ2) is 3.81. The minimum Gasteiger partial charge on any atom is -0.261 e. The van der Waals surface area contributed by atoms with Gasteiger partial charge in [-0.1, -0.05) is 13.8 Å². The first kappa shape index (κ1) is 9.84. The largest absolute Gasteiger partial charge is 0.261 e. The summed E-state index contributed by atoms with van der Waals surface area (Å²) >= 11 is 0. The molecular formula is C11H15NOS. The van der Waals surface area contributed by atoms with Crippen molar-refractivity contribution in [3.63, 3.8) is 0 Å². The highest BCUT2D eigenvalue weighted by atomic mass is 32.2. The Labute approximate surface area is 87.2 Å². The van der Waals surface area contributed by atoms with Gasteiger partial charge in [0.2, 0.25) is 0 Å². The molecule has 2 rings (SSSR count). The van der Waals surface area contributed by atoms with Crippen LogP contribution in [0.4, 0.5) is 0 Å². The molecule has 2 nitrogen and oxygen atoms in total. The second-order valence-corrected chi connectivity index (χ2v) is 5.60. The van der Waals surface area contributed by atoms with Crippen molar-refractivity contribution in [2.45, 2.75) is 31.9 Å². The van der Waals surface area contributed by atoms with Gasteiger partial charge in [0.15, 0.2) is 0 Å². The molecule has 2 heterocycles. The first-order valence-corrected chi connectivity index (χ1v) is 6.49. The third-order valence-corrected chi connectivity index (χ3v) is 3.91. The summed E-state index contributed by atoms with van der Waals surface area (Å²) in [7, 11) is -0.668. The van der Waals surface area contributed by atoms with Crippen LogP contribution in [0.5, 0.6) is 0 Å². The van der Waals surface area contributed by atoms with Crippen LogP contribution >= 0.6 is 0 Å². The van der Waals surface area contributed by atoms with Gasteiger partial charge in [0, 0.05) is 28.4 Å². The van der Waals surface area contributed by atoms with E-state index in [4.69, 9.17) is 0 Å². The van der Waals surface area contributed by atoms with Crippen LogP contribution < -0.4 is 0 Å². The summed E-state index contributed by atoms with van der Waals surface area (Å²) in [6.45, 7) is 4.28. The Morgan fingerprint density at radius 2 is 2.29 bits per heavy atom. The maximum absolute atomic E-state index is 11.5. The van der Waals surface area contributed by atoms with Crippen molar-refractivity contribution in [3.8, 4) is 0 Å². The van der Waals surface area contributed by atoms with Gasteiger partial charge in [-0.2, -0.15) is 0 Å². The molecule has 1 unspecified atom stereocenters. The van der Waals surface area contributed by atoms with Gasteiger partial charge in [0.05, 0.1) is 5.75 Å². The zero-order valence-corrected chi connectivity index (χ0v) is 9.43. The molecule has 0 aliphatic carbocycles. The zero-order chi connectivity index (χ0) is 10.1. The number of hydrogen-bond donors (Lipinski definition) is 0. The molecular weight excluding hydrogens is 194 g/mol. The first-order chi connectivity index (χ1) is 6.68. The van der Waals surface area contributed by atoms with Crippen LogP contribution in [0.2, 0.25) is 0 Å². The molecule has 0 N–H and O–H groups in total. The predicted molar refractivity (Wildman–Crippen MR) is 58.7 cm³/mol. The van der Waals surface area contributed by atoms with E-state index in [-0.39, 0.29) is 0 Å². The van der Waals surface area contributed by atoms with E-state index in [1.54, 1.807) is 0 Å². The summed E-state index contributed by atoms with van der Waals surface area (Å²) in [5.41, 5.74) is 3.73. The molecule has 1 atom stereocenters. The second-order valence-electron chi connectivity index (χ2n) is 4.03. The summed E-state index contributed by atoms with van der Waals surface area (Å²) in [6, 6.07) is 2.07. The van der Waals surface area contributed by atoms with Crippen molar-refractivity contribution in [1.29, 1.82) is 0 Å². The van der Waals surface area contributed by atoms with Gasteiger partial charge in [0.25, 0.3) is 0 Å². The smallest absolute Gasteiger partial charge is 0.0506 e. The fraction of sp³-hybridized carbons (Fsp3) is 0.545. The normalized spacial score (nSPS) is 20.9. The number of rotatable bonds is 1. The van der Waals surface area contributed by atoms with Gasteiger partial charge in [-0.3, -0.25) is 9.19 Å². The first-order valence-electron chi connectivity index (χ1n) is 5.00. The van der Waals surface area contributed by atoms with Gasteiger partial charge >= 0.3 is 0 Å².